The van der Waals surface area contributed by atoms with Crippen LogP contribution < -0.4 is 10.4 Å². The van der Waals surface area contributed by atoms with Crippen LogP contribution in [0.25, 0.3) is 0 Å². The van der Waals surface area contributed by atoms with Gasteiger partial charge in [-0.1, -0.05) is 81.4 Å². The highest BCUT2D eigenvalue weighted by Crippen LogP contribution is 2.38. The number of benzene rings is 2. The Kier molecular flexibility index (Phi) is 12.2. The topological polar surface area (TPSA) is 83.5 Å². The molecule has 0 saturated carbocycles. The first-order valence-electron chi connectivity index (χ1n) is 12.4. The van der Waals surface area contributed by atoms with E-state index in [9.17, 15) is 9.90 Å². The van der Waals surface area contributed by atoms with E-state index in [2.05, 4.69) is 45.0 Å². The molecule has 0 aliphatic heterocycles. The van der Waals surface area contributed by atoms with Gasteiger partial charge < -0.3 is 28.5 Å². The predicted octanol–water partition coefficient (Wildman–Crippen LogP) is 2.78. The summed E-state index contributed by atoms with van der Waals surface area (Å²) < 4.78 is 28.0. The van der Waals surface area contributed by atoms with Crippen molar-refractivity contribution in [2.75, 3.05) is 60.0 Å². The van der Waals surface area contributed by atoms with E-state index in [0.29, 0.717) is 26.4 Å². The Morgan fingerprint density at radius 3 is 1.69 bits per heavy atom. The molecule has 0 radical (unpaired) electrons. The van der Waals surface area contributed by atoms with Crippen molar-refractivity contribution in [3.63, 3.8) is 0 Å². The number of ether oxygens (including phenoxy) is 4. The van der Waals surface area contributed by atoms with E-state index in [0.717, 1.165) is 10.4 Å². The SMILES string of the molecule is COCCOCCOCCOC(=O)C(C)(CO)CO[Si](c1ccccc1)(c1ccccc1)C(C)(C)C. The second kappa shape index (κ2) is 14.6. The third-order valence-electron chi connectivity index (χ3n) is 6.13. The first kappa shape index (κ1) is 30.2. The number of hydrogen-bond donors (Lipinski definition) is 1. The van der Waals surface area contributed by atoms with E-state index in [4.69, 9.17) is 23.4 Å². The van der Waals surface area contributed by atoms with Crippen LogP contribution in [0.15, 0.2) is 60.7 Å². The standard InChI is InChI=1S/C28H42O7Si/c1-27(2,3)36(24-12-8-6-9-13-24,25-14-10-7-11-15-25)35-23-28(4,22-29)26(30)34-21-20-33-19-18-32-17-16-31-5/h6-15,29H,16-23H2,1-5H3. The van der Waals surface area contributed by atoms with Crippen molar-refractivity contribution in [3.05, 3.63) is 60.7 Å². The van der Waals surface area contributed by atoms with Crippen molar-refractivity contribution in [2.24, 2.45) is 5.41 Å². The van der Waals surface area contributed by atoms with Crippen molar-refractivity contribution in [1.29, 1.82) is 0 Å². The van der Waals surface area contributed by atoms with E-state index in [1.807, 2.05) is 36.4 Å². The molecule has 1 unspecified atom stereocenters. The number of rotatable bonds is 16. The maximum atomic E-state index is 13.0. The molecule has 0 aliphatic carbocycles. The molecule has 200 valence electrons. The third-order valence-corrected chi connectivity index (χ3v) is 11.1. The van der Waals surface area contributed by atoms with Crippen LogP contribution >= 0.6 is 0 Å². The molecule has 1 atom stereocenters. The van der Waals surface area contributed by atoms with Gasteiger partial charge in [-0.25, -0.2) is 0 Å². The molecule has 0 amide bonds. The Hall–Kier alpha value is -2.07. The Morgan fingerprint density at radius 1 is 0.778 bits per heavy atom. The average Bonchev–Trinajstić information content (AvgIpc) is 2.88. The molecule has 2 aromatic carbocycles. The fraction of sp³-hybridized carbons (Fsp3) is 0.536. The first-order valence-corrected chi connectivity index (χ1v) is 14.3. The van der Waals surface area contributed by atoms with Crippen LogP contribution in [0.4, 0.5) is 0 Å². The van der Waals surface area contributed by atoms with Crippen LogP contribution in [0.2, 0.25) is 5.04 Å². The smallest absolute Gasteiger partial charge is 0.316 e. The van der Waals surface area contributed by atoms with Crippen molar-refractivity contribution >= 4 is 24.7 Å². The summed E-state index contributed by atoms with van der Waals surface area (Å²) in [7, 11) is -1.23. The summed E-state index contributed by atoms with van der Waals surface area (Å²) in [5.41, 5.74) is -1.21. The summed E-state index contributed by atoms with van der Waals surface area (Å²) in [4.78, 5) is 13.0. The van der Waals surface area contributed by atoms with Gasteiger partial charge in [-0.15, -0.1) is 0 Å². The summed E-state index contributed by atoms with van der Waals surface area (Å²) in [5.74, 6) is -0.511. The summed E-state index contributed by atoms with van der Waals surface area (Å²) in [5, 5.41) is 12.2. The number of methoxy groups -OCH3 is 1. The van der Waals surface area contributed by atoms with Gasteiger partial charge in [-0.2, -0.15) is 0 Å². The largest absolute Gasteiger partial charge is 0.463 e. The molecule has 0 fully saturated rings. The molecule has 36 heavy (non-hydrogen) atoms. The van der Waals surface area contributed by atoms with Crippen molar-refractivity contribution in [1.82, 2.24) is 0 Å². The lowest BCUT2D eigenvalue weighted by molar-refractivity contribution is -0.161. The van der Waals surface area contributed by atoms with Crippen molar-refractivity contribution < 1.29 is 33.3 Å². The number of aliphatic hydroxyl groups excluding tert-OH is 1. The summed E-state index contributed by atoms with van der Waals surface area (Å²) in [6.07, 6.45) is 0. The lowest BCUT2D eigenvalue weighted by atomic mass is 9.93. The zero-order valence-electron chi connectivity index (χ0n) is 22.3. The molecule has 7 nitrogen and oxygen atoms in total. The van der Waals surface area contributed by atoms with Crippen LogP contribution in [-0.2, 0) is 28.2 Å². The van der Waals surface area contributed by atoms with Crippen LogP contribution in [0, 0.1) is 5.41 Å². The van der Waals surface area contributed by atoms with Gasteiger partial charge in [0.25, 0.3) is 8.32 Å². The first-order chi connectivity index (χ1) is 17.2. The average molecular weight is 519 g/mol. The molecule has 0 spiro atoms. The lowest BCUT2D eigenvalue weighted by Gasteiger charge is -2.44. The Labute approximate surface area is 216 Å². The quantitative estimate of drug-likeness (QED) is 0.208. The second-order valence-electron chi connectivity index (χ2n) is 10.0. The molecule has 2 aromatic rings. The van der Waals surface area contributed by atoms with Gasteiger partial charge in [-0.3, -0.25) is 4.79 Å². The molecule has 0 saturated heterocycles. The predicted molar refractivity (Wildman–Crippen MR) is 143 cm³/mol. The zero-order chi connectivity index (χ0) is 26.5. The van der Waals surface area contributed by atoms with Crippen molar-refractivity contribution in [2.45, 2.75) is 32.7 Å². The molecule has 0 bridgehead atoms. The summed E-state index contributed by atoms with van der Waals surface area (Å²) in [6.45, 7) is 10.1. The molecule has 0 aliphatic rings. The highest BCUT2D eigenvalue weighted by atomic mass is 28.4. The van der Waals surface area contributed by atoms with E-state index < -0.39 is 26.3 Å². The molecule has 8 heteroatoms. The van der Waals surface area contributed by atoms with Crippen LogP contribution in [0.5, 0.6) is 0 Å². The lowest BCUT2D eigenvalue weighted by Crippen LogP contribution is -2.67. The van der Waals surface area contributed by atoms with E-state index in [-0.39, 0.29) is 24.9 Å². The van der Waals surface area contributed by atoms with Gasteiger partial charge >= 0.3 is 5.97 Å². The fourth-order valence-corrected chi connectivity index (χ4v) is 8.72. The second-order valence-corrected chi connectivity index (χ2v) is 14.3. The minimum Gasteiger partial charge on any atom is -0.463 e. The van der Waals surface area contributed by atoms with E-state index in [1.54, 1.807) is 14.0 Å². The Balaban J connectivity index is 2.10. The van der Waals surface area contributed by atoms with Gasteiger partial charge in [0.15, 0.2) is 0 Å². The minimum atomic E-state index is -2.85. The number of carbonyl (C=O) groups excluding carboxylic acids is 1. The summed E-state index contributed by atoms with van der Waals surface area (Å²) >= 11 is 0. The van der Waals surface area contributed by atoms with E-state index >= 15 is 0 Å². The molecule has 1 N–H and O–H groups in total. The Morgan fingerprint density at radius 2 is 1.25 bits per heavy atom. The maximum absolute atomic E-state index is 13.0. The number of esters is 1. The monoisotopic (exact) mass is 518 g/mol. The highest BCUT2D eigenvalue weighted by molar-refractivity contribution is 6.99. The molecule has 0 aromatic heterocycles. The van der Waals surface area contributed by atoms with Crippen molar-refractivity contribution in [3.8, 4) is 0 Å². The van der Waals surface area contributed by atoms with Gasteiger partial charge in [0, 0.05) is 7.11 Å². The zero-order valence-corrected chi connectivity index (χ0v) is 23.3. The fourth-order valence-electron chi connectivity index (χ4n) is 4.03. The van der Waals surface area contributed by atoms with Gasteiger partial charge in [0.05, 0.1) is 46.2 Å². The highest BCUT2D eigenvalue weighted by Gasteiger charge is 2.51. The summed E-state index contributed by atoms with van der Waals surface area (Å²) in [6, 6.07) is 20.4. The van der Waals surface area contributed by atoms with Gasteiger partial charge in [-0.05, 0) is 22.3 Å². The van der Waals surface area contributed by atoms with Crippen LogP contribution in [-0.4, -0.2) is 79.4 Å². The number of hydrogen-bond acceptors (Lipinski definition) is 7. The molecule has 0 heterocycles. The van der Waals surface area contributed by atoms with Gasteiger partial charge in [0.1, 0.15) is 12.0 Å². The van der Waals surface area contributed by atoms with Crippen LogP contribution in [0.3, 0.4) is 0 Å². The number of aliphatic hydroxyl groups is 1. The van der Waals surface area contributed by atoms with Crippen LogP contribution in [0.1, 0.15) is 27.7 Å². The normalized spacial score (nSPS) is 13.8. The molecular weight excluding hydrogens is 476 g/mol. The van der Waals surface area contributed by atoms with E-state index in [1.165, 1.54) is 0 Å². The molecule has 2 rings (SSSR count). The maximum Gasteiger partial charge on any atom is 0.316 e. The number of carbonyl (C=O) groups is 1. The molecular formula is C28H42O7Si. The Bertz CT molecular complexity index is 846. The minimum absolute atomic E-state index is 0.0316. The van der Waals surface area contributed by atoms with Gasteiger partial charge in [0.2, 0.25) is 0 Å². The third kappa shape index (κ3) is 7.96.